The summed E-state index contributed by atoms with van der Waals surface area (Å²) in [6.45, 7) is 2.66. The Morgan fingerprint density at radius 1 is 1.17 bits per heavy atom. The predicted octanol–water partition coefficient (Wildman–Crippen LogP) is 4.12. The molecule has 1 aromatic heterocycles. The smallest absolute Gasteiger partial charge is 0.277 e. The Morgan fingerprint density at radius 2 is 1.97 bits per heavy atom. The molecule has 1 aliphatic heterocycles. The highest BCUT2D eigenvalue weighted by atomic mass is 35.5. The van der Waals surface area contributed by atoms with Crippen molar-refractivity contribution >= 4 is 35.0 Å². The number of thioether (sulfide) groups is 1. The number of amides is 1. The SMILES string of the molecule is O=C(CSc1nnc(-c2ccccc2Cl)o1)NCC1CCN(c2ccccc2)C1. The molecular formula is C21H21ClN4O2S. The molecule has 1 amide bonds. The van der Waals surface area contributed by atoms with Gasteiger partial charge < -0.3 is 14.6 Å². The third-order valence-corrected chi connectivity index (χ3v) is 5.98. The molecule has 4 rings (SSSR count). The first kappa shape index (κ1) is 19.8. The van der Waals surface area contributed by atoms with Crippen LogP contribution in [0.3, 0.4) is 0 Å². The summed E-state index contributed by atoms with van der Waals surface area (Å²) in [4.78, 5) is 14.6. The van der Waals surface area contributed by atoms with Crippen LogP contribution in [0.15, 0.2) is 64.2 Å². The zero-order valence-electron chi connectivity index (χ0n) is 15.8. The van der Waals surface area contributed by atoms with Gasteiger partial charge in [0.25, 0.3) is 5.22 Å². The summed E-state index contributed by atoms with van der Waals surface area (Å²) < 4.78 is 5.61. The average Bonchev–Trinajstić information content (AvgIpc) is 3.41. The Kier molecular flexibility index (Phi) is 6.36. The van der Waals surface area contributed by atoms with Crippen LogP contribution in [0, 0.1) is 5.92 Å². The number of nitrogens with zero attached hydrogens (tertiary/aromatic N) is 3. The molecule has 2 heterocycles. The molecule has 0 aliphatic carbocycles. The molecule has 0 bridgehead atoms. The summed E-state index contributed by atoms with van der Waals surface area (Å²) in [5.41, 5.74) is 1.92. The van der Waals surface area contributed by atoms with E-state index in [0.29, 0.717) is 34.2 Å². The van der Waals surface area contributed by atoms with Crippen molar-refractivity contribution in [1.82, 2.24) is 15.5 Å². The average molecular weight is 429 g/mol. The van der Waals surface area contributed by atoms with Crippen LogP contribution in [-0.4, -0.2) is 41.5 Å². The van der Waals surface area contributed by atoms with Crippen molar-refractivity contribution in [2.45, 2.75) is 11.6 Å². The van der Waals surface area contributed by atoms with Crippen LogP contribution in [0.25, 0.3) is 11.5 Å². The van der Waals surface area contributed by atoms with Crippen LogP contribution < -0.4 is 10.2 Å². The molecule has 1 aliphatic rings. The lowest BCUT2D eigenvalue weighted by molar-refractivity contribution is -0.118. The summed E-state index contributed by atoms with van der Waals surface area (Å²) in [5, 5.41) is 11.9. The lowest BCUT2D eigenvalue weighted by atomic mass is 10.1. The van der Waals surface area contributed by atoms with Crippen molar-refractivity contribution in [3.8, 4) is 11.5 Å². The van der Waals surface area contributed by atoms with Gasteiger partial charge in [0.15, 0.2) is 0 Å². The fourth-order valence-corrected chi connectivity index (χ4v) is 4.13. The standard InChI is InChI=1S/C21H21ClN4O2S/c22-18-9-5-4-8-17(18)20-24-25-21(28-20)29-14-19(27)23-12-15-10-11-26(13-15)16-6-2-1-3-7-16/h1-9,15H,10-14H2,(H,23,27). The van der Waals surface area contributed by atoms with Gasteiger partial charge >= 0.3 is 0 Å². The molecule has 150 valence electrons. The summed E-state index contributed by atoms with van der Waals surface area (Å²) in [6, 6.07) is 17.7. The maximum Gasteiger partial charge on any atom is 0.277 e. The van der Waals surface area contributed by atoms with Gasteiger partial charge in [-0.25, -0.2) is 0 Å². The maximum absolute atomic E-state index is 12.2. The number of carbonyl (C=O) groups excluding carboxylic acids is 1. The van der Waals surface area contributed by atoms with Gasteiger partial charge in [-0.1, -0.05) is 53.7 Å². The van der Waals surface area contributed by atoms with Crippen molar-refractivity contribution in [2.24, 2.45) is 5.92 Å². The number of aromatic nitrogens is 2. The minimum Gasteiger partial charge on any atom is -0.411 e. The molecule has 3 aromatic rings. The second-order valence-corrected chi connectivity index (χ2v) is 8.22. The quantitative estimate of drug-likeness (QED) is 0.570. The molecular weight excluding hydrogens is 408 g/mol. The van der Waals surface area contributed by atoms with E-state index >= 15 is 0 Å². The Labute approximate surface area is 178 Å². The van der Waals surface area contributed by atoms with Crippen molar-refractivity contribution in [3.05, 3.63) is 59.6 Å². The molecule has 2 aromatic carbocycles. The number of hydrogen-bond donors (Lipinski definition) is 1. The monoisotopic (exact) mass is 428 g/mol. The Balaban J connectivity index is 1.22. The zero-order chi connectivity index (χ0) is 20.1. The molecule has 1 fully saturated rings. The fourth-order valence-electron chi connectivity index (χ4n) is 3.32. The number of hydrogen-bond acceptors (Lipinski definition) is 6. The van der Waals surface area contributed by atoms with Crippen molar-refractivity contribution < 1.29 is 9.21 Å². The molecule has 1 atom stereocenters. The highest BCUT2D eigenvalue weighted by Crippen LogP contribution is 2.28. The summed E-state index contributed by atoms with van der Waals surface area (Å²) >= 11 is 7.37. The lowest BCUT2D eigenvalue weighted by Gasteiger charge is -2.18. The third kappa shape index (κ3) is 5.10. The van der Waals surface area contributed by atoms with Crippen LogP contribution in [0.1, 0.15) is 6.42 Å². The topological polar surface area (TPSA) is 71.3 Å². The number of carbonyl (C=O) groups is 1. The molecule has 0 radical (unpaired) electrons. The van der Waals surface area contributed by atoms with Crippen molar-refractivity contribution in [2.75, 3.05) is 30.3 Å². The van der Waals surface area contributed by atoms with Gasteiger partial charge in [-0.2, -0.15) is 0 Å². The van der Waals surface area contributed by atoms with Gasteiger partial charge in [0.1, 0.15) is 0 Å². The lowest BCUT2D eigenvalue weighted by Crippen LogP contribution is -2.32. The van der Waals surface area contributed by atoms with Gasteiger partial charge in [-0.15, -0.1) is 10.2 Å². The van der Waals surface area contributed by atoms with Gasteiger partial charge in [0.05, 0.1) is 16.3 Å². The van der Waals surface area contributed by atoms with Crippen molar-refractivity contribution in [1.29, 1.82) is 0 Å². The first-order valence-electron chi connectivity index (χ1n) is 9.47. The highest BCUT2D eigenvalue weighted by Gasteiger charge is 2.23. The number of benzene rings is 2. The second kappa shape index (κ2) is 9.33. The molecule has 1 unspecified atom stereocenters. The number of anilines is 1. The van der Waals surface area contributed by atoms with Crippen LogP contribution in [0.4, 0.5) is 5.69 Å². The first-order chi connectivity index (χ1) is 14.2. The molecule has 0 spiro atoms. The van der Waals surface area contributed by atoms with Crippen LogP contribution in [0.2, 0.25) is 5.02 Å². The first-order valence-corrected chi connectivity index (χ1v) is 10.8. The number of nitrogens with one attached hydrogen (secondary N) is 1. The Bertz CT molecular complexity index is 966. The van der Waals surface area contributed by atoms with Crippen LogP contribution in [0.5, 0.6) is 0 Å². The van der Waals surface area contributed by atoms with E-state index in [2.05, 4.69) is 44.7 Å². The van der Waals surface area contributed by atoms with E-state index in [-0.39, 0.29) is 11.7 Å². The van der Waals surface area contributed by atoms with E-state index in [9.17, 15) is 4.79 Å². The molecule has 6 nitrogen and oxygen atoms in total. The van der Waals surface area contributed by atoms with E-state index in [1.807, 2.05) is 24.3 Å². The second-order valence-electron chi connectivity index (χ2n) is 6.88. The number of para-hydroxylation sites is 1. The van der Waals surface area contributed by atoms with Gasteiger partial charge in [-0.3, -0.25) is 4.79 Å². The van der Waals surface area contributed by atoms with Crippen molar-refractivity contribution in [3.63, 3.8) is 0 Å². The number of halogens is 1. The Morgan fingerprint density at radius 3 is 2.79 bits per heavy atom. The van der Waals surface area contributed by atoms with Gasteiger partial charge in [-0.05, 0) is 36.6 Å². The molecule has 1 saturated heterocycles. The van der Waals surface area contributed by atoms with E-state index in [4.69, 9.17) is 16.0 Å². The third-order valence-electron chi connectivity index (χ3n) is 4.83. The normalized spacial score (nSPS) is 16.2. The molecule has 29 heavy (non-hydrogen) atoms. The van der Waals surface area contributed by atoms with E-state index in [1.54, 1.807) is 6.07 Å². The molecule has 8 heteroatoms. The minimum absolute atomic E-state index is 0.0364. The van der Waals surface area contributed by atoms with E-state index in [0.717, 1.165) is 19.5 Å². The summed E-state index contributed by atoms with van der Waals surface area (Å²) in [6.07, 6.45) is 1.08. The largest absolute Gasteiger partial charge is 0.411 e. The summed E-state index contributed by atoms with van der Waals surface area (Å²) in [7, 11) is 0. The molecule has 1 N–H and O–H groups in total. The highest BCUT2D eigenvalue weighted by molar-refractivity contribution is 7.99. The van der Waals surface area contributed by atoms with Crippen LogP contribution >= 0.6 is 23.4 Å². The number of rotatable bonds is 7. The predicted molar refractivity (Wildman–Crippen MR) is 115 cm³/mol. The van der Waals surface area contributed by atoms with Gasteiger partial charge in [0.2, 0.25) is 11.8 Å². The summed E-state index contributed by atoms with van der Waals surface area (Å²) in [5.74, 6) is 1.01. The fraction of sp³-hybridized carbons (Fsp3) is 0.286. The maximum atomic E-state index is 12.2. The van der Waals surface area contributed by atoms with E-state index in [1.165, 1.54) is 17.4 Å². The minimum atomic E-state index is -0.0364. The molecule has 0 saturated carbocycles. The van der Waals surface area contributed by atoms with E-state index < -0.39 is 0 Å². The Hall–Kier alpha value is -2.51. The van der Waals surface area contributed by atoms with Gasteiger partial charge in [0, 0.05) is 25.3 Å². The zero-order valence-corrected chi connectivity index (χ0v) is 17.3. The van der Waals surface area contributed by atoms with Crippen LogP contribution in [-0.2, 0) is 4.79 Å².